The molecule has 0 bridgehead atoms. The number of allylic oxidation sites excluding steroid dienone is 1. The Labute approximate surface area is 203 Å². The zero-order chi connectivity index (χ0) is 24.4. The van der Waals surface area contributed by atoms with Crippen LogP contribution in [0, 0.1) is 11.8 Å². The third-order valence-corrected chi connectivity index (χ3v) is 6.75. The Balaban J connectivity index is 1.45. The molecule has 3 aromatic rings. The number of hydrogen-bond donors (Lipinski definition) is 1. The van der Waals surface area contributed by atoms with Gasteiger partial charge in [0.2, 0.25) is 5.95 Å². The molecule has 0 saturated carbocycles. The highest BCUT2D eigenvalue weighted by Gasteiger charge is 2.30. The van der Waals surface area contributed by atoms with Crippen molar-refractivity contribution in [2.24, 2.45) is 11.8 Å². The second-order valence-corrected chi connectivity index (χ2v) is 9.14. The van der Waals surface area contributed by atoms with Crippen LogP contribution in [0.15, 0.2) is 47.4 Å². The maximum atomic E-state index is 13.2. The topological polar surface area (TPSA) is 105 Å². The molecule has 1 aromatic carbocycles. The normalized spacial score (nSPS) is 20.3. The third kappa shape index (κ3) is 4.73. The molecular weight excluding hydrogens is 444 g/mol. The molecule has 2 aliphatic rings. The second kappa shape index (κ2) is 9.82. The Bertz CT molecular complexity index is 1350. The number of rotatable bonds is 5. The van der Waals surface area contributed by atoms with E-state index >= 15 is 0 Å². The Morgan fingerprint density at radius 1 is 1.23 bits per heavy atom. The van der Waals surface area contributed by atoms with Crippen LogP contribution in [-0.2, 0) is 16.0 Å². The quantitative estimate of drug-likeness (QED) is 0.566. The summed E-state index contributed by atoms with van der Waals surface area (Å²) in [7, 11) is 0. The molecule has 0 radical (unpaired) electrons. The minimum atomic E-state index is -0.312. The Kier molecular flexibility index (Phi) is 6.44. The average molecular weight is 473 g/mol. The minimum Gasteiger partial charge on any atom is -0.466 e. The summed E-state index contributed by atoms with van der Waals surface area (Å²) in [6.07, 6.45) is 8.11. The van der Waals surface area contributed by atoms with E-state index in [2.05, 4.69) is 15.0 Å². The van der Waals surface area contributed by atoms with Crippen LogP contribution in [0.4, 0.5) is 5.95 Å². The van der Waals surface area contributed by atoms with E-state index in [1.165, 1.54) is 0 Å². The van der Waals surface area contributed by atoms with Gasteiger partial charge in [0.1, 0.15) is 0 Å². The summed E-state index contributed by atoms with van der Waals surface area (Å²) in [5, 5.41) is 0.372. The Morgan fingerprint density at radius 3 is 2.86 bits per heavy atom. The standard InChI is InChI=1S/C27H28N4O4/c1-2-35-26(34)19-9-6-12-31(16-19)27-29-24-23(25(33)30-27)20-13-18(14-22(32)21(20)15-28-24)11-10-17-7-4-3-5-8-17/h3-5,7-8,10-11,15,18-19H,2,6,9,12-14,16H2,1H3,(H,28,29,30,33)/b11-10+. The zero-order valence-electron chi connectivity index (χ0n) is 19.7. The largest absolute Gasteiger partial charge is 0.466 e. The number of nitrogens with zero attached hydrogens (tertiary/aromatic N) is 3. The fraction of sp³-hybridized carbons (Fsp3) is 0.370. The zero-order valence-corrected chi connectivity index (χ0v) is 19.7. The van der Waals surface area contributed by atoms with Gasteiger partial charge in [0.25, 0.3) is 5.56 Å². The molecule has 2 aromatic heterocycles. The summed E-state index contributed by atoms with van der Waals surface area (Å²) in [5.41, 5.74) is 2.28. The second-order valence-electron chi connectivity index (χ2n) is 9.14. The summed E-state index contributed by atoms with van der Waals surface area (Å²) in [6.45, 7) is 3.25. The lowest BCUT2D eigenvalue weighted by molar-refractivity contribution is -0.148. The number of ether oxygens (including phenoxy) is 1. The molecule has 2 unspecified atom stereocenters. The summed E-state index contributed by atoms with van der Waals surface area (Å²) in [6, 6.07) is 9.93. The van der Waals surface area contributed by atoms with Gasteiger partial charge in [-0.25, -0.2) is 4.98 Å². The first-order valence-electron chi connectivity index (χ1n) is 12.1. The number of nitrogens with one attached hydrogen (secondary N) is 1. The van der Waals surface area contributed by atoms with Crippen LogP contribution in [0.1, 0.15) is 47.7 Å². The van der Waals surface area contributed by atoms with Gasteiger partial charge in [0, 0.05) is 31.3 Å². The molecular formula is C27H28N4O4. The number of H-pyrrole nitrogens is 1. The van der Waals surface area contributed by atoms with Gasteiger partial charge < -0.3 is 9.64 Å². The maximum absolute atomic E-state index is 13.2. The fourth-order valence-corrected chi connectivity index (χ4v) is 5.01. The van der Waals surface area contributed by atoms with Crippen LogP contribution < -0.4 is 10.5 Å². The molecule has 5 rings (SSSR count). The van der Waals surface area contributed by atoms with E-state index in [9.17, 15) is 14.4 Å². The highest BCUT2D eigenvalue weighted by Crippen LogP contribution is 2.30. The van der Waals surface area contributed by atoms with Gasteiger partial charge in [-0.3, -0.25) is 19.4 Å². The SMILES string of the molecule is CCOC(=O)C1CCCN(c2nc3ncc4c(c3c(=O)[nH]2)CC(/C=C/c2ccccc2)CC4=O)C1. The van der Waals surface area contributed by atoms with Gasteiger partial charge >= 0.3 is 5.97 Å². The summed E-state index contributed by atoms with van der Waals surface area (Å²) in [4.78, 5) is 52.1. The summed E-state index contributed by atoms with van der Waals surface area (Å²) >= 11 is 0. The highest BCUT2D eigenvalue weighted by atomic mass is 16.5. The number of fused-ring (bicyclic) bond motifs is 3. The number of ketones is 1. The molecule has 8 nitrogen and oxygen atoms in total. The number of Topliss-reactive ketones (excluding diaryl/α,β-unsaturated/α-hetero) is 1. The third-order valence-electron chi connectivity index (χ3n) is 6.75. The van der Waals surface area contributed by atoms with E-state index in [0.717, 1.165) is 18.4 Å². The van der Waals surface area contributed by atoms with Gasteiger partial charge in [0.05, 0.1) is 17.9 Å². The van der Waals surface area contributed by atoms with Gasteiger partial charge in [-0.15, -0.1) is 0 Å². The number of carbonyl (C=O) groups excluding carboxylic acids is 2. The van der Waals surface area contributed by atoms with E-state index in [-0.39, 0.29) is 29.1 Å². The van der Waals surface area contributed by atoms with Crippen LogP contribution in [0.2, 0.25) is 0 Å². The number of aromatic amines is 1. The highest BCUT2D eigenvalue weighted by molar-refractivity contribution is 6.02. The predicted octanol–water partition coefficient (Wildman–Crippen LogP) is 3.56. The van der Waals surface area contributed by atoms with Crippen LogP contribution >= 0.6 is 0 Å². The first-order chi connectivity index (χ1) is 17.0. The molecule has 3 heterocycles. The van der Waals surface area contributed by atoms with Crippen molar-refractivity contribution in [3.8, 4) is 0 Å². The van der Waals surface area contributed by atoms with Crippen LogP contribution in [-0.4, -0.2) is 46.4 Å². The van der Waals surface area contributed by atoms with E-state index in [1.807, 2.05) is 47.4 Å². The van der Waals surface area contributed by atoms with Crippen molar-refractivity contribution in [1.29, 1.82) is 0 Å². The minimum absolute atomic E-state index is 0.00712. The van der Waals surface area contributed by atoms with Gasteiger partial charge in [-0.2, -0.15) is 4.98 Å². The number of piperidine rings is 1. The fourth-order valence-electron chi connectivity index (χ4n) is 5.01. The van der Waals surface area contributed by atoms with Crippen LogP contribution in [0.3, 0.4) is 0 Å². The summed E-state index contributed by atoms with van der Waals surface area (Å²) < 4.78 is 5.18. The van der Waals surface area contributed by atoms with Crippen molar-refractivity contribution in [1.82, 2.24) is 15.0 Å². The van der Waals surface area contributed by atoms with Crippen LogP contribution in [0.25, 0.3) is 17.1 Å². The lowest BCUT2D eigenvalue weighted by Crippen LogP contribution is -2.41. The maximum Gasteiger partial charge on any atom is 0.310 e. The molecule has 1 fully saturated rings. The van der Waals surface area contributed by atoms with Crippen molar-refractivity contribution in [3.05, 3.63) is 69.6 Å². The number of pyridine rings is 1. The first-order valence-corrected chi connectivity index (χ1v) is 12.1. The molecule has 0 amide bonds. The van der Waals surface area contributed by atoms with Crippen molar-refractivity contribution in [3.63, 3.8) is 0 Å². The number of hydrogen-bond acceptors (Lipinski definition) is 7. The molecule has 2 atom stereocenters. The molecule has 180 valence electrons. The number of benzene rings is 1. The molecule has 0 spiro atoms. The lowest BCUT2D eigenvalue weighted by atomic mass is 9.82. The van der Waals surface area contributed by atoms with Crippen LogP contribution in [0.5, 0.6) is 0 Å². The van der Waals surface area contributed by atoms with Gasteiger partial charge in [-0.05, 0) is 43.2 Å². The van der Waals surface area contributed by atoms with Crippen molar-refractivity contribution < 1.29 is 14.3 Å². The number of anilines is 1. The van der Waals surface area contributed by atoms with Crippen molar-refractivity contribution in [2.75, 3.05) is 24.6 Å². The van der Waals surface area contributed by atoms with E-state index in [0.29, 0.717) is 60.6 Å². The number of aromatic nitrogens is 3. The number of carbonyl (C=O) groups is 2. The summed E-state index contributed by atoms with van der Waals surface area (Å²) in [5.74, 6) is -0.101. The average Bonchev–Trinajstić information content (AvgIpc) is 2.88. The predicted molar refractivity (Wildman–Crippen MR) is 133 cm³/mol. The van der Waals surface area contributed by atoms with Crippen molar-refractivity contribution >= 4 is 34.8 Å². The smallest absolute Gasteiger partial charge is 0.310 e. The number of esters is 1. The molecule has 1 N–H and O–H groups in total. The molecule has 35 heavy (non-hydrogen) atoms. The lowest BCUT2D eigenvalue weighted by Gasteiger charge is -2.32. The van der Waals surface area contributed by atoms with E-state index in [4.69, 9.17) is 4.74 Å². The van der Waals surface area contributed by atoms with E-state index < -0.39 is 0 Å². The molecule has 8 heteroatoms. The molecule has 1 aliphatic heterocycles. The van der Waals surface area contributed by atoms with Crippen molar-refractivity contribution in [2.45, 2.75) is 32.6 Å². The molecule has 1 saturated heterocycles. The van der Waals surface area contributed by atoms with Gasteiger partial charge in [-0.1, -0.05) is 42.5 Å². The Morgan fingerprint density at radius 2 is 2.06 bits per heavy atom. The van der Waals surface area contributed by atoms with E-state index in [1.54, 1.807) is 13.1 Å². The van der Waals surface area contributed by atoms with Gasteiger partial charge in [0.15, 0.2) is 11.4 Å². The molecule has 1 aliphatic carbocycles. The monoisotopic (exact) mass is 472 g/mol. The Hall–Kier alpha value is -3.81. The first kappa shape index (κ1) is 23.0.